The molecule has 5 aliphatic rings. The molecule has 1 aromatic carbocycles. The highest BCUT2D eigenvalue weighted by atomic mass is 35.5. The molecular weight excluding hydrogens is 421 g/mol. The van der Waals surface area contributed by atoms with Gasteiger partial charge in [-0.3, -0.25) is 10.1 Å². The van der Waals surface area contributed by atoms with Crippen LogP contribution in [0.3, 0.4) is 0 Å². The summed E-state index contributed by atoms with van der Waals surface area (Å²) in [4.78, 5) is 12.5. The number of hydrogen-bond acceptors (Lipinski definition) is 6. The van der Waals surface area contributed by atoms with E-state index in [-0.39, 0.29) is 29.7 Å². The molecule has 1 aromatic rings. The summed E-state index contributed by atoms with van der Waals surface area (Å²) in [5, 5.41) is 12.9. The number of rotatable bonds is 6. The third kappa shape index (κ3) is 4.54. The molecule has 5 atom stereocenters. The first-order valence-electron chi connectivity index (χ1n) is 11.3. The Hall–Kier alpha value is -1.45. The van der Waals surface area contributed by atoms with Crippen LogP contribution in [0.2, 0.25) is 5.02 Å². The third-order valence-corrected chi connectivity index (χ3v) is 7.79. The fraction of sp³-hybridized carbons (Fsp3) is 0.682. The largest absolute Gasteiger partial charge is 0.484 e. The van der Waals surface area contributed by atoms with Gasteiger partial charge in [-0.05, 0) is 62.1 Å². The van der Waals surface area contributed by atoms with Crippen LogP contribution in [0.4, 0.5) is 4.39 Å². The van der Waals surface area contributed by atoms with Crippen molar-refractivity contribution in [3.05, 3.63) is 29.0 Å². The lowest BCUT2D eigenvalue weighted by Gasteiger charge is -2.53. The van der Waals surface area contributed by atoms with Gasteiger partial charge < -0.3 is 15.4 Å². The van der Waals surface area contributed by atoms with Crippen molar-refractivity contribution in [3.8, 4) is 5.75 Å². The molecule has 2 bridgehead atoms. The lowest BCUT2D eigenvalue weighted by molar-refractivity contribution is -0.125. The average Bonchev–Trinajstić information content (AvgIpc) is 3.09. The molecule has 5 fully saturated rings. The van der Waals surface area contributed by atoms with Gasteiger partial charge in [-0.25, -0.2) is 14.8 Å². The molecule has 3 saturated carbocycles. The first-order valence-corrected chi connectivity index (χ1v) is 11.7. The number of benzene rings is 1. The van der Waals surface area contributed by atoms with E-state index in [0.717, 1.165) is 32.4 Å². The Bertz CT molecular complexity index is 823. The van der Waals surface area contributed by atoms with E-state index < -0.39 is 5.82 Å². The summed E-state index contributed by atoms with van der Waals surface area (Å²) in [6, 6.07) is 5.15. The molecule has 0 aromatic heterocycles. The number of carbonyl (C=O) groups is 1. The van der Waals surface area contributed by atoms with Gasteiger partial charge in [0, 0.05) is 31.7 Å². The van der Waals surface area contributed by atoms with Crippen molar-refractivity contribution in [2.24, 2.45) is 17.8 Å². The first kappa shape index (κ1) is 21.4. The molecule has 0 radical (unpaired) electrons. The van der Waals surface area contributed by atoms with Gasteiger partial charge >= 0.3 is 0 Å². The maximum Gasteiger partial charge on any atom is 0.258 e. The minimum absolute atomic E-state index is 0.0373. The fourth-order valence-corrected chi connectivity index (χ4v) is 5.93. The van der Waals surface area contributed by atoms with Crippen molar-refractivity contribution in [3.63, 3.8) is 0 Å². The first-order chi connectivity index (χ1) is 15.0. The topological polar surface area (TPSA) is 77.7 Å². The molecule has 170 valence electrons. The maximum atomic E-state index is 13.5. The van der Waals surface area contributed by atoms with Gasteiger partial charge in [0.1, 0.15) is 11.6 Å². The van der Waals surface area contributed by atoms with E-state index in [1.54, 1.807) is 6.07 Å². The van der Waals surface area contributed by atoms with Crippen LogP contribution in [0.5, 0.6) is 5.75 Å². The Morgan fingerprint density at radius 2 is 2.06 bits per heavy atom. The van der Waals surface area contributed by atoms with E-state index >= 15 is 0 Å². The van der Waals surface area contributed by atoms with Crippen LogP contribution in [-0.2, 0) is 4.79 Å². The highest BCUT2D eigenvalue weighted by Gasteiger charge is 2.48. The number of halogens is 2. The second kappa shape index (κ2) is 8.83. The van der Waals surface area contributed by atoms with Crippen molar-refractivity contribution < 1.29 is 13.9 Å². The number of nitrogens with zero attached hydrogens (tertiary/aromatic N) is 1. The van der Waals surface area contributed by atoms with Gasteiger partial charge in [-0.15, -0.1) is 0 Å². The van der Waals surface area contributed by atoms with E-state index in [1.807, 2.05) is 0 Å². The zero-order valence-electron chi connectivity index (χ0n) is 17.7. The van der Waals surface area contributed by atoms with E-state index in [4.69, 9.17) is 16.3 Å². The van der Waals surface area contributed by atoms with Crippen molar-refractivity contribution in [2.45, 2.75) is 50.0 Å². The van der Waals surface area contributed by atoms with Crippen LogP contribution in [0, 0.1) is 23.6 Å². The molecule has 7 nitrogen and oxygen atoms in total. The maximum absolute atomic E-state index is 13.5. The number of amides is 1. The predicted octanol–water partition coefficient (Wildman–Crippen LogP) is 1.49. The van der Waals surface area contributed by atoms with Crippen LogP contribution in [0.15, 0.2) is 18.2 Å². The summed E-state index contributed by atoms with van der Waals surface area (Å²) in [5.41, 5.74) is 3.59. The lowest BCUT2D eigenvalue weighted by atomic mass is 9.60. The van der Waals surface area contributed by atoms with Gasteiger partial charge in [-0.2, -0.15) is 0 Å². The number of hydrazine groups is 1. The summed E-state index contributed by atoms with van der Waals surface area (Å²) in [5.74, 6) is 1.49. The third-order valence-electron chi connectivity index (χ3n) is 7.48. The lowest BCUT2D eigenvalue weighted by Crippen LogP contribution is -2.67. The number of nitrogens with one attached hydrogen (secondary N) is 4. The fourth-order valence-electron chi connectivity index (χ4n) is 5.81. The standard InChI is InChI=1S/C22H31ClFN5O2/c1-29-10-12-4-5-25-22(21(12)28-29)27-19-9-18(13-6-14(19)7-13)26-20(30)11-31-15-2-3-16(23)17(24)8-15/h2-3,8,12-14,18-19,21-22,25,27-28H,4-7,9-11H2,1H3,(H,26,30). The monoisotopic (exact) mass is 451 g/mol. The Kier molecular flexibility index (Phi) is 6.09. The number of fused-ring (bicyclic) bond motifs is 3. The number of carbonyl (C=O) groups excluding carboxylic acids is 1. The smallest absolute Gasteiger partial charge is 0.258 e. The van der Waals surface area contributed by atoms with E-state index in [9.17, 15) is 9.18 Å². The molecule has 6 rings (SSSR count). The summed E-state index contributed by atoms with van der Waals surface area (Å²) in [6.45, 7) is 2.00. The van der Waals surface area contributed by atoms with Crippen molar-refractivity contribution in [1.82, 2.24) is 26.4 Å². The quantitative estimate of drug-likeness (QED) is 0.525. The van der Waals surface area contributed by atoms with Crippen molar-refractivity contribution in [1.29, 1.82) is 0 Å². The number of ether oxygens (including phenoxy) is 1. The molecule has 0 spiro atoms. The zero-order chi connectivity index (χ0) is 21.5. The highest BCUT2D eigenvalue weighted by Crippen LogP contribution is 2.46. The molecule has 2 aliphatic heterocycles. The summed E-state index contributed by atoms with van der Waals surface area (Å²) in [6.07, 6.45) is 4.69. The minimum Gasteiger partial charge on any atom is -0.484 e. The molecule has 5 unspecified atom stereocenters. The van der Waals surface area contributed by atoms with Gasteiger partial charge in [0.15, 0.2) is 6.61 Å². The Morgan fingerprint density at radius 3 is 2.87 bits per heavy atom. The van der Waals surface area contributed by atoms with Crippen LogP contribution >= 0.6 is 11.6 Å². The van der Waals surface area contributed by atoms with Gasteiger partial charge in [0.05, 0.1) is 17.2 Å². The Labute approximate surface area is 187 Å². The van der Waals surface area contributed by atoms with Crippen LogP contribution in [0.1, 0.15) is 25.7 Å². The molecule has 2 heterocycles. The van der Waals surface area contributed by atoms with Gasteiger partial charge in [0.2, 0.25) is 0 Å². The SMILES string of the molecule is CN1CC2CCNC(NC3CC(NC(=O)COc4ccc(Cl)c(F)c4)C4CC3C4)C2N1. The van der Waals surface area contributed by atoms with Crippen LogP contribution in [-0.4, -0.2) is 62.0 Å². The van der Waals surface area contributed by atoms with E-state index in [1.165, 1.54) is 18.6 Å². The summed E-state index contributed by atoms with van der Waals surface area (Å²) < 4.78 is 19.0. The molecule has 31 heavy (non-hydrogen) atoms. The number of piperidine rings is 1. The Morgan fingerprint density at radius 1 is 1.26 bits per heavy atom. The minimum atomic E-state index is -0.553. The predicted molar refractivity (Wildman–Crippen MR) is 116 cm³/mol. The summed E-state index contributed by atoms with van der Waals surface area (Å²) in [7, 11) is 2.11. The molecule has 4 N–H and O–H groups in total. The molecule has 3 aliphatic carbocycles. The normalized spacial score (nSPS) is 37.1. The Balaban J connectivity index is 1.13. The van der Waals surface area contributed by atoms with Crippen molar-refractivity contribution in [2.75, 3.05) is 26.7 Å². The molecule has 2 saturated heterocycles. The van der Waals surface area contributed by atoms with E-state index in [0.29, 0.717) is 35.6 Å². The van der Waals surface area contributed by atoms with Gasteiger partial charge in [-0.1, -0.05) is 11.6 Å². The molecule has 1 amide bonds. The van der Waals surface area contributed by atoms with Crippen LogP contribution < -0.4 is 26.1 Å². The molecule has 9 heteroatoms. The molecular formula is C22H31ClFN5O2. The van der Waals surface area contributed by atoms with Crippen molar-refractivity contribution >= 4 is 17.5 Å². The second-order valence-electron chi connectivity index (χ2n) is 9.55. The highest BCUT2D eigenvalue weighted by molar-refractivity contribution is 6.30. The average molecular weight is 452 g/mol. The van der Waals surface area contributed by atoms with Gasteiger partial charge in [0.25, 0.3) is 5.91 Å². The number of hydrogen-bond donors (Lipinski definition) is 4. The second-order valence-corrected chi connectivity index (χ2v) is 9.96. The summed E-state index contributed by atoms with van der Waals surface area (Å²) >= 11 is 5.69. The zero-order valence-corrected chi connectivity index (χ0v) is 18.5. The van der Waals surface area contributed by atoms with E-state index in [2.05, 4.69) is 33.4 Å². The van der Waals surface area contributed by atoms with Crippen LogP contribution in [0.25, 0.3) is 0 Å².